The summed E-state index contributed by atoms with van der Waals surface area (Å²) in [7, 11) is -2.15. The molecule has 0 aromatic heterocycles. The molecule has 0 heterocycles. The highest BCUT2D eigenvalue weighted by Crippen LogP contribution is 2.49. The van der Waals surface area contributed by atoms with E-state index in [-0.39, 0.29) is 5.30 Å². The van der Waals surface area contributed by atoms with E-state index in [9.17, 15) is 9.36 Å². The lowest BCUT2D eigenvalue weighted by atomic mass is 10.1. The van der Waals surface area contributed by atoms with Crippen LogP contribution in [0.25, 0.3) is 10.8 Å². The number of hydrogen-bond acceptors (Lipinski definition) is 6. The third kappa shape index (κ3) is 3.65. The fourth-order valence-corrected chi connectivity index (χ4v) is 4.18. The van der Waals surface area contributed by atoms with E-state index in [0.717, 1.165) is 16.5 Å². The van der Waals surface area contributed by atoms with E-state index in [1.54, 1.807) is 37.4 Å². The Morgan fingerprint density at radius 1 is 1.08 bits per heavy atom. The molecule has 0 amide bonds. The lowest BCUT2D eigenvalue weighted by Gasteiger charge is -2.20. The van der Waals surface area contributed by atoms with Crippen molar-refractivity contribution in [1.82, 2.24) is 0 Å². The lowest BCUT2D eigenvalue weighted by Crippen LogP contribution is -2.15. The first-order valence-electron chi connectivity index (χ1n) is 7.98. The van der Waals surface area contributed by atoms with Gasteiger partial charge in [0.25, 0.3) is 0 Å². The summed E-state index contributed by atoms with van der Waals surface area (Å²) in [6.07, 6.45) is 0. The summed E-state index contributed by atoms with van der Waals surface area (Å²) in [5.41, 5.74) is 7.05. The van der Waals surface area contributed by atoms with Gasteiger partial charge in [0.15, 0.2) is 0 Å². The zero-order valence-corrected chi connectivity index (χ0v) is 15.3. The lowest BCUT2D eigenvalue weighted by molar-refractivity contribution is -0.132. The third-order valence-corrected chi connectivity index (χ3v) is 5.63. The zero-order valence-electron chi connectivity index (χ0n) is 14.4. The SMILES string of the molecule is CNc1ccc2cccc(OP(=O)(OC(C)=O)c3cccc(N)c3)c2c1. The molecule has 26 heavy (non-hydrogen) atoms. The second-order valence-corrected chi connectivity index (χ2v) is 7.59. The fraction of sp³-hybridized carbons (Fsp3) is 0.105. The molecule has 0 bridgehead atoms. The third-order valence-electron chi connectivity index (χ3n) is 3.78. The summed E-state index contributed by atoms with van der Waals surface area (Å²) < 4.78 is 24.3. The minimum absolute atomic E-state index is 0.217. The van der Waals surface area contributed by atoms with Gasteiger partial charge in [0.05, 0.1) is 5.30 Å². The van der Waals surface area contributed by atoms with E-state index >= 15 is 0 Å². The first-order chi connectivity index (χ1) is 12.4. The number of nitrogens with two attached hydrogens (primary N) is 1. The Morgan fingerprint density at radius 2 is 1.85 bits per heavy atom. The molecule has 0 aliphatic heterocycles. The second kappa shape index (κ2) is 7.10. The number of benzene rings is 3. The molecule has 0 radical (unpaired) electrons. The van der Waals surface area contributed by atoms with E-state index in [1.165, 1.54) is 13.0 Å². The van der Waals surface area contributed by atoms with Gasteiger partial charge in [0.1, 0.15) is 5.75 Å². The first kappa shape index (κ1) is 17.8. The number of rotatable bonds is 5. The summed E-state index contributed by atoms with van der Waals surface area (Å²) in [5.74, 6) is -0.349. The molecule has 0 spiro atoms. The maximum Gasteiger partial charge on any atom is 0.465 e. The van der Waals surface area contributed by atoms with Crippen molar-refractivity contribution < 1.29 is 18.4 Å². The van der Waals surface area contributed by atoms with Crippen molar-refractivity contribution in [3.63, 3.8) is 0 Å². The van der Waals surface area contributed by atoms with E-state index < -0.39 is 13.6 Å². The van der Waals surface area contributed by atoms with Crippen LogP contribution < -0.4 is 20.9 Å². The van der Waals surface area contributed by atoms with Crippen LogP contribution in [0.3, 0.4) is 0 Å². The molecule has 0 saturated heterocycles. The van der Waals surface area contributed by atoms with Crippen LogP contribution in [0.15, 0.2) is 60.7 Å². The molecule has 0 fully saturated rings. The van der Waals surface area contributed by atoms with Crippen molar-refractivity contribution in [2.75, 3.05) is 18.1 Å². The summed E-state index contributed by atoms with van der Waals surface area (Å²) in [6.45, 7) is 1.19. The Hall–Kier alpha value is -2.98. The largest absolute Gasteiger partial charge is 0.465 e. The smallest absolute Gasteiger partial charge is 0.412 e. The minimum atomic E-state index is -3.95. The molecule has 3 rings (SSSR count). The van der Waals surface area contributed by atoms with Crippen LogP contribution in [0.4, 0.5) is 11.4 Å². The van der Waals surface area contributed by atoms with Crippen LogP contribution >= 0.6 is 7.60 Å². The zero-order chi connectivity index (χ0) is 18.7. The summed E-state index contributed by atoms with van der Waals surface area (Å²) >= 11 is 0. The highest BCUT2D eigenvalue weighted by molar-refractivity contribution is 7.63. The molecule has 1 unspecified atom stereocenters. The Bertz CT molecular complexity index is 1020. The number of nitrogens with one attached hydrogen (secondary N) is 1. The van der Waals surface area contributed by atoms with Gasteiger partial charge >= 0.3 is 13.6 Å². The van der Waals surface area contributed by atoms with Crippen molar-refractivity contribution >= 4 is 41.0 Å². The molecule has 7 heteroatoms. The second-order valence-electron chi connectivity index (χ2n) is 5.71. The molecule has 134 valence electrons. The summed E-state index contributed by atoms with van der Waals surface area (Å²) in [6, 6.07) is 17.4. The van der Waals surface area contributed by atoms with Gasteiger partial charge in [-0.25, -0.2) is 4.57 Å². The molecular formula is C19H19N2O4P. The van der Waals surface area contributed by atoms with E-state index in [2.05, 4.69) is 5.32 Å². The average molecular weight is 370 g/mol. The Labute approximate surface area is 151 Å². The van der Waals surface area contributed by atoms with Gasteiger partial charge in [-0.3, -0.25) is 4.79 Å². The predicted molar refractivity (Wildman–Crippen MR) is 104 cm³/mol. The number of carbonyl (C=O) groups excluding carboxylic acids is 1. The number of fused-ring (bicyclic) bond motifs is 1. The van der Waals surface area contributed by atoms with Gasteiger partial charge in [-0.05, 0) is 41.8 Å². The highest BCUT2D eigenvalue weighted by atomic mass is 31.2. The number of anilines is 2. The Morgan fingerprint density at radius 3 is 2.54 bits per heavy atom. The quantitative estimate of drug-likeness (QED) is 0.522. The summed E-state index contributed by atoms with van der Waals surface area (Å²) in [4.78, 5) is 11.6. The minimum Gasteiger partial charge on any atom is -0.412 e. The maximum absolute atomic E-state index is 13.4. The molecular weight excluding hydrogens is 351 g/mol. The van der Waals surface area contributed by atoms with Crippen LogP contribution in [0, 0.1) is 0 Å². The van der Waals surface area contributed by atoms with E-state index in [4.69, 9.17) is 14.8 Å². The van der Waals surface area contributed by atoms with Crippen LogP contribution in [-0.4, -0.2) is 13.0 Å². The van der Waals surface area contributed by atoms with Crippen molar-refractivity contribution in [3.8, 4) is 5.75 Å². The maximum atomic E-state index is 13.4. The van der Waals surface area contributed by atoms with Gasteiger partial charge in [-0.15, -0.1) is 0 Å². The van der Waals surface area contributed by atoms with Crippen LogP contribution in [0.5, 0.6) is 5.75 Å². The Kier molecular flexibility index (Phi) is 4.87. The summed E-state index contributed by atoms with van der Waals surface area (Å²) in [5, 5.41) is 4.92. The fourth-order valence-electron chi connectivity index (χ4n) is 2.60. The number of hydrogen-bond donors (Lipinski definition) is 2. The molecule has 0 aliphatic carbocycles. The Balaban J connectivity index is 2.12. The van der Waals surface area contributed by atoms with Gasteiger partial charge in [-0.1, -0.05) is 24.3 Å². The number of carbonyl (C=O) groups is 1. The van der Waals surface area contributed by atoms with Gasteiger partial charge in [0.2, 0.25) is 0 Å². The van der Waals surface area contributed by atoms with Crippen molar-refractivity contribution in [2.45, 2.75) is 6.92 Å². The van der Waals surface area contributed by atoms with Crippen molar-refractivity contribution in [1.29, 1.82) is 0 Å². The molecule has 3 aromatic rings. The van der Waals surface area contributed by atoms with E-state index in [1.807, 2.05) is 24.3 Å². The monoisotopic (exact) mass is 370 g/mol. The molecule has 0 aliphatic rings. The van der Waals surface area contributed by atoms with Gasteiger partial charge in [-0.2, -0.15) is 0 Å². The topological polar surface area (TPSA) is 90.6 Å². The van der Waals surface area contributed by atoms with E-state index in [0.29, 0.717) is 11.4 Å². The average Bonchev–Trinajstić information content (AvgIpc) is 2.61. The van der Waals surface area contributed by atoms with Crippen LogP contribution in [-0.2, 0) is 13.9 Å². The van der Waals surface area contributed by atoms with Crippen molar-refractivity contribution in [3.05, 3.63) is 60.7 Å². The normalized spacial score (nSPS) is 13.0. The molecule has 3 N–H and O–H groups in total. The van der Waals surface area contributed by atoms with Crippen molar-refractivity contribution in [2.24, 2.45) is 0 Å². The highest BCUT2D eigenvalue weighted by Gasteiger charge is 2.33. The molecule has 3 aromatic carbocycles. The first-order valence-corrected chi connectivity index (χ1v) is 9.52. The molecule has 1 atom stereocenters. The van der Waals surface area contributed by atoms with Gasteiger partial charge in [0, 0.05) is 30.7 Å². The molecule has 6 nitrogen and oxygen atoms in total. The molecule has 0 saturated carbocycles. The predicted octanol–water partition coefficient (Wildman–Crippen LogP) is 3.92. The van der Waals surface area contributed by atoms with Crippen LogP contribution in [0.2, 0.25) is 0 Å². The van der Waals surface area contributed by atoms with Crippen LogP contribution in [0.1, 0.15) is 6.92 Å². The standard InChI is InChI=1S/C19H19N2O4P/c1-13(22)24-26(23,17-7-4-6-15(20)11-17)25-19-8-3-5-14-9-10-16(21-2)12-18(14)19/h3-12,21H,20H2,1-2H3. The van der Waals surface area contributed by atoms with Gasteiger partial charge < -0.3 is 20.1 Å². The number of nitrogen functional groups attached to an aromatic ring is 1.